The molecule has 1 aromatic carbocycles. The van der Waals surface area contributed by atoms with E-state index in [1.165, 1.54) is 25.0 Å². The molecule has 1 saturated heterocycles. The molecule has 0 bridgehead atoms. The van der Waals surface area contributed by atoms with E-state index in [-0.39, 0.29) is 6.10 Å². The summed E-state index contributed by atoms with van der Waals surface area (Å²) in [4.78, 5) is 16.0. The molecule has 3 aromatic rings. The molecule has 2 aromatic heterocycles. The molecule has 4 aliphatic rings. The Balaban J connectivity index is 1.09. The van der Waals surface area contributed by atoms with Crippen LogP contribution in [0.2, 0.25) is 5.02 Å². The minimum Gasteiger partial charge on any atom is -0.482 e. The van der Waals surface area contributed by atoms with Crippen LogP contribution in [0, 0.1) is 30.0 Å². The zero-order valence-corrected chi connectivity index (χ0v) is 20.2. The molecule has 2 aliphatic carbocycles. The highest BCUT2D eigenvalue weighted by Crippen LogP contribution is 2.68. The van der Waals surface area contributed by atoms with Crippen molar-refractivity contribution in [1.29, 1.82) is 0 Å². The largest absolute Gasteiger partial charge is 0.482 e. The van der Waals surface area contributed by atoms with E-state index in [1.807, 2.05) is 11.6 Å². The molecule has 182 valence electrons. The average Bonchev–Trinajstić information content (AvgIpc) is 3.40. The SMILES string of the molecule is Cc1cc(N2C[C@H]3[C@H](Nc4nc5n(n4)CCC[C@H]5Oc4cc(F)cc(Cl)c4)[C@@H]4CCC43C2)ncn1. The summed E-state index contributed by atoms with van der Waals surface area (Å²) in [6.07, 6.45) is 5.63. The van der Waals surface area contributed by atoms with Gasteiger partial charge in [0.25, 0.3) is 0 Å². The Morgan fingerprint density at radius 3 is 2.89 bits per heavy atom. The summed E-state index contributed by atoms with van der Waals surface area (Å²) in [6.45, 7) is 4.87. The molecule has 0 amide bonds. The number of anilines is 2. The van der Waals surface area contributed by atoms with E-state index in [0.717, 1.165) is 49.8 Å². The van der Waals surface area contributed by atoms with Gasteiger partial charge in [-0.1, -0.05) is 11.6 Å². The van der Waals surface area contributed by atoms with Crippen molar-refractivity contribution in [3.8, 4) is 5.75 Å². The molecule has 1 spiro atoms. The number of aryl methyl sites for hydroxylation is 2. The van der Waals surface area contributed by atoms with E-state index in [4.69, 9.17) is 26.4 Å². The first-order chi connectivity index (χ1) is 17.0. The van der Waals surface area contributed by atoms with E-state index < -0.39 is 5.82 Å². The van der Waals surface area contributed by atoms with E-state index >= 15 is 0 Å². The van der Waals surface area contributed by atoms with Gasteiger partial charge < -0.3 is 15.0 Å². The summed E-state index contributed by atoms with van der Waals surface area (Å²) in [5.74, 6) is 3.66. The molecule has 3 fully saturated rings. The summed E-state index contributed by atoms with van der Waals surface area (Å²) in [5, 5.41) is 8.76. The van der Waals surface area contributed by atoms with Gasteiger partial charge in [0.05, 0.1) is 0 Å². The molecule has 2 aliphatic heterocycles. The van der Waals surface area contributed by atoms with Crippen LogP contribution in [0.3, 0.4) is 0 Å². The van der Waals surface area contributed by atoms with E-state index in [0.29, 0.717) is 40.0 Å². The fraction of sp³-hybridized carbons (Fsp3) is 0.520. The maximum absolute atomic E-state index is 13.8. The fourth-order valence-electron chi connectivity index (χ4n) is 6.85. The van der Waals surface area contributed by atoms with Crippen molar-refractivity contribution in [2.24, 2.45) is 17.3 Å². The first-order valence-corrected chi connectivity index (χ1v) is 12.7. The zero-order valence-electron chi connectivity index (χ0n) is 19.5. The molecule has 7 rings (SSSR count). The molecule has 8 nitrogen and oxygen atoms in total. The van der Waals surface area contributed by atoms with Gasteiger partial charge in [0.2, 0.25) is 5.95 Å². The highest BCUT2D eigenvalue weighted by Gasteiger charge is 2.70. The van der Waals surface area contributed by atoms with Crippen LogP contribution in [0.1, 0.15) is 43.3 Å². The minimum absolute atomic E-state index is 0.281. The van der Waals surface area contributed by atoms with Crippen molar-refractivity contribution in [1.82, 2.24) is 24.7 Å². The second kappa shape index (κ2) is 7.78. The van der Waals surface area contributed by atoms with Crippen LogP contribution in [0.4, 0.5) is 16.2 Å². The van der Waals surface area contributed by atoms with Crippen LogP contribution in [-0.2, 0) is 6.54 Å². The normalized spacial score (nSPS) is 30.5. The van der Waals surface area contributed by atoms with Crippen molar-refractivity contribution >= 4 is 23.4 Å². The number of nitrogens with one attached hydrogen (secondary N) is 1. The first kappa shape index (κ1) is 21.4. The third-order valence-electron chi connectivity index (χ3n) is 8.52. The third kappa shape index (κ3) is 3.38. The Bertz CT molecular complexity index is 1280. The third-order valence-corrected chi connectivity index (χ3v) is 8.73. The van der Waals surface area contributed by atoms with Crippen LogP contribution in [-0.4, -0.2) is 43.9 Å². The summed E-state index contributed by atoms with van der Waals surface area (Å²) in [7, 11) is 0. The summed E-state index contributed by atoms with van der Waals surface area (Å²) in [5.41, 5.74) is 1.38. The maximum Gasteiger partial charge on any atom is 0.242 e. The monoisotopic (exact) mass is 495 g/mol. The van der Waals surface area contributed by atoms with Gasteiger partial charge in [-0.3, -0.25) is 0 Å². The number of hydrogen-bond donors (Lipinski definition) is 1. The van der Waals surface area contributed by atoms with Gasteiger partial charge in [-0.05, 0) is 56.1 Å². The molecular formula is C25H27ClFN7O. The Kier molecular flexibility index (Phi) is 4.75. The van der Waals surface area contributed by atoms with Crippen molar-refractivity contribution in [2.75, 3.05) is 23.3 Å². The number of rotatable bonds is 5. The molecule has 10 heteroatoms. The highest BCUT2D eigenvalue weighted by atomic mass is 35.5. The zero-order chi connectivity index (χ0) is 23.7. The number of halogens is 2. The van der Waals surface area contributed by atoms with Crippen LogP contribution in [0.5, 0.6) is 5.75 Å². The predicted molar refractivity (Wildman–Crippen MR) is 129 cm³/mol. The van der Waals surface area contributed by atoms with Crippen LogP contribution in [0.25, 0.3) is 0 Å². The summed E-state index contributed by atoms with van der Waals surface area (Å²) < 4.78 is 21.8. The van der Waals surface area contributed by atoms with Crippen molar-refractivity contribution in [3.63, 3.8) is 0 Å². The topological polar surface area (TPSA) is 81.0 Å². The Morgan fingerprint density at radius 2 is 2.09 bits per heavy atom. The number of fused-ring (bicyclic) bond motifs is 1. The van der Waals surface area contributed by atoms with Crippen LogP contribution in [0.15, 0.2) is 30.6 Å². The molecule has 1 unspecified atom stereocenters. The summed E-state index contributed by atoms with van der Waals surface area (Å²) in [6, 6.07) is 6.70. The molecule has 0 radical (unpaired) electrons. The van der Waals surface area contributed by atoms with E-state index in [2.05, 4.69) is 26.3 Å². The Labute approximate surface area is 207 Å². The second-order valence-electron chi connectivity index (χ2n) is 10.4. The molecule has 5 atom stereocenters. The van der Waals surface area contributed by atoms with E-state index in [1.54, 1.807) is 12.4 Å². The highest BCUT2D eigenvalue weighted by molar-refractivity contribution is 6.30. The minimum atomic E-state index is -0.413. The van der Waals surface area contributed by atoms with Gasteiger partial charge in [0, 0.05) is 54.4 Å². The smallest absolute Gasteiger partial charge is 0.242 e. The van der Waals surface area contributed by atoms with Crippen LogP contribution < -0.4 is 15.0 Å². The van der Waals surface area contributed by atoms with Gasteiger partial charge in [0.15, 0.2) is 11.9 Å². The maximum atomic E-state index is 13.8. The fourth-order valence-corrected chi connectivity index (χ4v) is 7.06. The van der Waals surface area contributed by atoms with Gasteiger partial charge in [-0.15, -0.1) is 5.10 Å². The number of benzene rings is 1. The number of hydrogen-bond acceptors (Lipinski definition) is 7. The lowest BCUT2D eigenvalue weighted by atomic mass is 9.41. The second-order valence-corrected chi connectivity index (χ2v) is 10.9. The van der Waals surface area contributed by atoms with Crippen molar-refractivity contribution < 1.29 is 9.13 Å². The van der Waals surface area contributed by atoms with E-state index in [9.17, 15) is 4.39 Å². The van der Waals surface area contributed by atoms with Crippen molar-refractivity contribution in [2.45, 2.75) is 51.3 Å². The quantitative estimate of drug-likeness (QED) is 0.561. The lowest BCUT2D eigenvalue weighted by Crippen LogP contribution is -2.68. The average molecular weight is 496 g/mol. The first-order valence-electron chi connectivity index (χ1n) is 12.4. The van der Waals surface area contributed by atoms with Gasteiger partial charge in [0.1, 0.15) is 23.7 Å². The molecule has 2 saturated carbocycles. The van der Waals surface area contributed by atoms with Gasteiger partial charge in [-0.2, -0.15) is 4.98 Å². The van der Waals surface area contributed by atoms with Crippen LogP contribution >= 0.6 is 11.6 Å². The molecule has 35 heavy (non-hydrogen) atoms. The Hall–Kier alpha value is -2.94. The number of aromatic nitrogens is 5. The lowest BCUT2D eigenvalue weighted by Gasteiger charge is -2.65. The summed E-state index contributed by atoms with van der Waals surface area (Å²) >= 11 is 6.01. The standard InChI is InChI=1S/C25H27ClFN7O/c1-14-7-21(29-13-28-14)33-11-19-22(18-4-5-25(18,19)12-33)30-24-31-23-20(3-2-6-34(23)32-24)35-17-9-15(26)8-16(27)10-17/h7-10,13,18-20,22H,2-6,11-12H2,1H3,(H,30,32)/t18-,19-,20+,22+,25?/m0/s1. The predicted octanol–water partition coefficient (Wildman–Crippen LogP) is 4.41. The lowest BCUT2D eigenvalue weighted by molar-refractivity contribution is -0.117. The molecular weight excluding hydrogens is 469 g/mol. The molecule has 4 heterocycles. The van der Waals surface area contributed by atoms with Gasteiger partial charge >= 0.3 is 0 Å². The Morgan fingerprint density at radius 1 is 1.17 bits per heavy atom. The van der Waals surface area contributed by atoms with Gasteiger partial charge in [-0.25, -0.2) is 19.0 Å². The molecule has 1 N–H and O–H groups in total. The van der Waals surface area contributed by atoms with Crippen molar-refractivity contribution in [3.05, 3.63) is 53.0 Å². The number of ether oxygens (including phenoxy) is 1. The number of nitrogens with zero attached hydrogens (tertiary/aromatic N) is 6.